The van der Waals surface area contributed by atoms with Crippen molar-refractivity contribution in [1.29, 1.82) is 0 Å². The lowest BCUT2D eigenvalue weighted by molar-refractivity contribution is 0.167. The summed E-state index contributed by atoms with van der Waals surface area (Å²) < 4.78 is 16.1. The summed E-state index contributed by atoms with van der Waals surface area (Å²) >= 11 is 5.89. The van der Waals surface area contributed by atoms with E-state index >= 15 is 0 Å². The van der Waals surface area contributed by atoms with Crippen molar-refractivity contribution in [3.8, 4) is 0 Å². The van der Waals surface area contributed by atoms with Gasteiger partial charge in [0.15, 0.2) is 5.82 Å². The Balaban J connectivity index is 1.98. The highest BCUT2D eigenvalue weighted by Gasteiger charge is 2.22. The molecular weight excluding hydrogens is 289 g/mol. The van der Waals surface area contributed by atoms with Gasteiger partial charge in [-0.1, -0.05) is 12.5 Å². The van der Waals surface area contributed by atoms with Crippen molar-refractivity contribution < 1.29 is 4.39 Å². The van der Waals surface area contributed by atoms with Crippen LogP contribution >= 0.6 is 11.6 Å². The van der Waals surface area contributed by atoms with Crippen LogP contribution in [0.3, 0.4) is 0 Å². The number of likely N-dealkylation sites (N-methyl/N-ethyl adjacent to an activating group) is 1. The molecule has 1 aromatic carbocycles. The summed E-state index contributed by atoms with van der Waals surface area (Å²) in [5.74, 6) is 1.15. The summed E-state index contributed by atoms with van der Waals surface area (Å²) in [7, 11) is 2.17. The molecule has 1 aliphatic heterocycles. The van der Waals surface area contributed by atoms with Crippen molar-refractivity contribution in [2.45, 2.75) is 38.3 Å². The van der Waals surface area contributed by atoms with Gasteiger partial charge < -0.3 is 9.47 Å². The number of aromatic nitrogens is 2. The predicted octanol–water partition coefficient (Wildman–Crippen LogP) is 3.44. The number of aryl methyl sites for hydroxylation is 1. The van der Waals surface area contributed by atoms with Gasteiger partial charge in [-0.25, -0.2) is 9.37 Å². The Morgan fingerprint density at radius 2 is 2.24 bits per heavy atom. The van der Waals surface area contributed by atoms with Gasteiger partial charge in [-0.3, -0.25) is 0 Å². The zero-order valence-corrected chi connectivity index (χ0v) is 13.1. The molecule has 0 bridgehead atoms. The van der Waals surface area contributed by atoms with Gasteiger partial charge >= 0.3 is 0 Å². The van der Waals surface area contributed by atoms with Crippen LogP contribution in [0.1, 0.15) is 25.1 Å². The number of halogens is 2. The van der Waals surface area contributed by atoms with Crippen molar-refractivity contribution in [3.05, 3.63) is 29.8 Å². The average molecular weight is 310 g/mol. The number of benzene rings is 1. The van der Waals surface area contributed by atoms with E-state index in [-0.39, 0.29) is 5.82 Å². The number of piperidine rings is 1. The van der Waals surface area contributed by atoms with Crippen LogP contribution in [0.2, 0.25) is 0 Å². The van der Waals surface area contributed by atoms with Gasteiger partial charge in [-0.2, -0.15) is 0 Å². The van der Waals surface area contributed by atoms with Crippen LogP contribution < -0.4 is 0 Å². The van der Waals surface area contributed by atoms with Crippen LogP contribution in [-0.4, -0.2) is 40.0 Å². The lowest BCUT2D eigenvalue weighted by Crippen LogP contribution is -2.39. The van der Waals surface area contributed by atoms with Crippen LogP contribution in [0.25, 0.3) is 11.0 Å². The number of rotatable bonds is 4. The minimum absolute atomic E-state index is 0.251. The van der Waals surface area contributed by atoms with Gasteiger partial charge in [0.25, 0.3) is 0 Å². The number of fused-ring (bicyclic) bond motifs is 1. The molecule has 0 aliphatic carbocycles. The Hall–Kier alpha value is -1.13. The minimum atomic E-state index is -0.251. The fourth-order valence-corrected chi connectivity index (χ4v) is 3.39. The molecule has 0 saturated carbocycles. The summed E-state index contributed by atoms with van der Waals surface area (Å²) in [6.45, 7) is 2.00. The molecule has 0 spiro atoms. The summed E-state index contributed by atoms with van der Waals surface area (Å²) in [6, 6.07) is 5.67. The van der Waals surface area contributed by atoms with Crippen molar-refractivity contribution in [2.75, 3.05) is 19.5 Å². The summed E-state index contributed by atoms with van der Waals surface area (Å²) in [6.07, 6.45) is 4.39. The van der Waals surface area contributed by atoms with Crippen LogP contribution in [-0.2, 0) is 13.0 Å². The van der Waals surface area contributed by atoms with E-state index in [9.17, 15) is 4.39 Å². The van der Waals surface area contributed by atoms with E-state index in [0.29, 0.717) is 23.9 Å². The number of hydrogen-bond acceptors (Lipinski definition) is 2. The largest absolute Gasteiger partial charge is 0.326 e. The molecule has 0 amide bonds. The highest BCUT2D eigenvalue weighted by atomic mass is 35.5. The highest BCUT2D eigenvalue weighted by molar-refractivity contribution is 6.17. The summed E-state index contributed by atoms with van der Waals surface area (Å²) in [5, 5.41) is 0. The number of likely N-dealkylation sites (tertiary alicyclic amines) is 1. The fourth-order valence-electron chi connectivity index (χ4n) is 3.23. The zero-order valence-electron chi connectivity index (χ0n) is 12.4. The van der Waals surface area contributed by atoms with Crippen molar-refractivity contribution in [1.82, 2.24) is 14.5 Å². The van der Waals surface area contributed by atoms with Gasteiger partial charge in [0.2, 0.25) is 0 Å². The number of hydrogen-bond donors (Lipinski definition) is 0. The van der Waals surface area contributed by atoms with Crippen LogP contribution in [0, 0.1) is 5.82 Å². The first-order valence-electron chi connectivity index (χ1n) is 7.60. The van der Waals surface area contributed by atoms with Crippen molar-refractivity contribution >= 4 is 22.6 Å². The molecule has 1 saturated heterocycles. The number of nitrogens with zero attached hydrogens (tertiary/aromatic N) is 3. The molecule has 5 heteroatoms. The molecule has 1 fully saturated rings. The topological polar surface area (TPSA) is 21.1 Å². The van der Waals surface area contributed by atoms with Gasteiger partial charge in [-0.15, -0.1) is 11.6 Å². The van der Waals surface area contributed by atoms with Gasteiger partial charge in [0, 0.05) is 24.9 Å². The van der Waals surface area contributed by atoms with E-state index in [1.165, 1.54) is 25.3 Å². The monoisotopic (exact) mass is 309 g/mol. The standard InChI is InChI=1S/C16H21ClFN3/c1-20-10-3-2-5-12(20)11-21-14-7-4-6-13(18)16(14)19-15(21)8-9-17/h4,6-7,12H,2-3,5,8-11H2,1H3. The molecule has 3 rings (SSSR count). The number of imidazole rings is 1. The smallest absolute Gasteiger partial charge is 0.151 e. The molecule has 1 atom stereocenters. The van der Waals surface area contributed by atoms with E-state index in [4.69, 9.17) is 11.6 Å². The van der Waals surface area contributed by atoms with Crippen molar-refractivity contribution in [2.24, 2.45) is 0 Å². The zero-order chi connectivity index (χ0) is 14.8. The van der Waals surface area contributed by atoms with Gasteiger partial charge in [0.05, 0.1) is 5.52 Å². The maximum atomic E-state index is 14.0. The Kier molecular flexibility index (Phi) is 4.45. The molecular formula is C16H21ClFN3. The Bertz CT molecular complexity index is 625. The van der Waals surface area contributed by atoms with Gasteiger partial charge in [-0.05, 0) is 38.6 Å². The quantitative estimate of drug-likeness (QED) is 0.807. The number of alkyl halides is 1. The van der Waals surface area contributed by atoms with Crippen molar-refractivity contribution in [3.63, 3.8) is 0 Å². The molecule has 0 radical (unpaired) electrons. The number of para-hydroxylation sites is 1. The van der Waals surface area contributed by atoms with Crippen LogP contribution in [0.4, 0.5) is 4.39 Å². The summed E-state index contributed by atoms with van der Waals surface area (Å²) in [4.78, 5) is 6.88. The van der Waals surface area contributed by atoms with E-state index in [0.717, 1.165) is 24.4 Å². The lowest BCUT2D eigenvalue weighted by atomic mass is 10.0. The fraction of sp³-hybridized carbons (Fsp3) is 0.562. The van der Waals surface area contributed by atoms with Gasteiger partial charge in [0.1, 0.15) is 11.3 Å². The molecule has 1 aromatic heterocycles. The Morgan fingerprint density at radius 1 is 1.38 bits per heavy atom. The Labute approximate surface area is 129 Å². The predicted molar refractivity (Wildman–Crippen MR) is 84.4 cm³/mol. The molecule has 21 heavy (non-hydrogen) atoms. The maximum Gasteiger partial charge on any atom is 0.151 e. The van der Waals surface area contributed by atoms with E-state index in [1.807, 2.05) is 6.07 Å². The maximum absolute atomic E-state index is 14.0. The third-order valence-corrected chi connectivity index (χ3v) is 4.63. The highest BCUT2D eigenvalue weighted by Crippen LogP contribution is 2.23. The molecule has 1 unspecified atom stereocenters. The second-order valence-electron chi connectivity index (χ2n) is 5.82. The second-order valence-corrected chi connectivity index (χ2v) is 6.19. The van der Waals surface area contributed by atoms with E-state index < -0.39 is 0 Å². The normalized spacial score (nSPS) is 20.2. The molecule has 1 aliphatic rings. The first kappa shape index (κ1) is 14.8. The molecule has 114 valence electrons. The van der Waals surface area contributed by atoms with Crippen LogP contribution in [0.15, 0.2) is 18.2 Å². The van der Waals surface area contributed by atoms with Crippen LogP contribution in [0.5, 0.6) is 0 Å². The minimum Gasteiger partial charge on any atom is -0.326 e. The lowest BCUT2D eigenvalue weighted by Gasteiger charge is -2.33. The van der Waals surface area contributed by atoms with E-state index in [2.05, 4.69) is 21.5 Å². The summed E-state index contributed by atoms with van der Waals surface area (Å²) in [5.41, 5.74) is 1.35. The van der Waals surface area contributed by atoms with E-state index in [1.54, 1.807) is 6.07 Å². The SMILES string of the molecule is CN1CCCCC1Cn1c(CCCl)nc2c(F)cccc21. The second kappa shape index (κ2) is 6.32. The third kappa shape index (κ3) is 2.92. The Morgan fingerprint density at radius 3 is 3.00 bits per heavy atom. The average Bonchev–Trinajstić information content (AvgIpc) is 2.82. The molecule has 2 heterocycles. The first-order valence-corrected chi connectivity index (χ1v) is 8.14. The first-order chi connectivity index (χ1) is 10.2. The molecule has 3 nitrogen and oxygen atoms in total. The molecule has 2 aromatic rings. The molecule has 0 N–H and O–H groups in total. The third-order valence-electron chi connectivity index (χ3n) is 4.44.